The van der Waals surface area contributed by atoms with Crippen LogP contribution in [-0.2, 0) is 4.74 Å². The first kappa shape index (κ1) is 14.0. The van der Waals surface area contributed by atoms with Crippen molar-refractivity contribution >= 4 is 0 Å². The molecule has 0 saturated heterocycles. The largest absolute Gasteiger partial charge is 0.380 e. The maximum atomic E-state index is 5.66. The van der Waals surface area contributed by atoms with Gasteiger partial charge in [-0.25, -0.2) is 0 Å². The van der Waals surface area contributed by atoms with Gasteiger partial charge in [0.05, 0.1) is 6.10 Å². The first-order chi connectivity index (χ1) is 7.55. The lowest BCUT2D eigenvalue weighted by atomic mass is 9.68. The van der Waals surface area contributed by atoms with Crippen LogP contribution in [-0.4, -0.2) is 25.8 Å². The van der Waals surface area contributed by atoms with Crippen molar-refractivity contribution in [3.8, 4) is 0 Å². The topological polar surface area (TPSA) is 21.3 Å². The first-order valence-corrected chi connectivity index (χ1v) is 6.81. The van der Waals surface area contributed by atoms with Crippen LogP contribution in [0, 0.1) is 11.3 Å². The van der Waals surface area contributed by atoms with E-state index in [0.717, 1.165) is 12.5 Å². The van der Waals surface area contributed by atoms with Gasteiger partial charge in [-0.05, 0) is 37.1 Å². The summed E-state index contributed by atoms with van der Waals surface area (Å²) in [4.78, 5) is 0. The highest BCUT2D eigenvalue weighted by Gasteiger charge is 2.36. The molecule has 1 rings (SSSR count). The molecule has 0 aliphatic heterocycles. The van der Waals surface area contributed by atoms with E-state index in [-0.39, 0.29) is 0 Å². The molecule has 3 unspecified atom stereocenters. The molecule has 1 saturated carbocycles. The molecule has 0 aromatic rings. The lowest BCUT2D eigenvalue weighted by Crippen LogP contribution is -2.47. The zero-order chi connectivity index (χ0) is 12.2. The predicted octanol–water partition coefficient (Wildman–Crippen LogP) is 3.22. The van der Waals surface area contributed by atoms with Crippen LogP contribution in [0.5, 0.6) is 0 Å². The van der Waals surface area contributed by atoms with Crippen LogP contribution in [0.2, 0.25) is 0 Å². The average molecular weight is 227 g/mol. The molecule has 2 heteroatoms. The molecule has 1 N–H and O–H groups in total. The van der Waals surface area contributed by atoms with Crippen LogP contribution in [0.15, 0.2) is 0 Å². The van der Waals surface area contributed by atoms with Crippen LogP contribution in [0.1, 0.15) is 53.4 Å². The number of hydrogen-bond acceptors (Lipinski definition) is 2. The summed E-state index contributed by atoms with van der Waals surface area (Å²) < 4.78 is 5.66. The molecule has 1 aliphatic carbocycles. The van der Waals surface area contributed by atoms with Crippen LogP contribution in [0.25, 0.3) is 0 Å². The molecule has 0 bridgehead atoms. The van der Waals surface area contributed by atoms with E-state index in [0.29, 0.717) is 17.6 Å². The highest BCUT2D eigenvalue weighted by atomic mass is 16.5. The highest BCUT2D eigenvalue weighted by molar-refractivity contribution is 4.90. The molecular formula is C14H29NO. The second-order valence-corrected chi connectivity index (χ2v) is 5.79. The van der Waals surface area contributed by atoms with Gasteiger partial charge >= 0.3 is 0 Å². The minimum Gasteiger partial charge on any atom is -0.380 e. The van der Waals surface area contributed by atoms with Crippen molar-refractivity contribution in [3.63, 3.8) is 0 Å². The Hall–Kier alpha value is -0.0800. The van der Waals surface area contributed by atoms with Crippen molar-refractivity contribution in [1.29, 1.82) is 0 Å². The molecular weight excluding hydrogens is 198 g/mol. The molecule has 1 aliphatic rings. The average Bonchev–Trinajstić information content (AvgIpc) is 2.29. The Balaban J connectivity index is 2.58. The predicted molar refractivity (Wildman–Crippen MR) is 69.7 cm³/mol. The summed E-state index contributed by atoms with van der Waals surface area (Å²) in [6, 6.07) is 0.568. The van der Waals surface area contributed by atoms with Crippen molar-refractivity contribution in [1.82, 2.24) is 5.32 Å². The fourth-order valence-electron chi connectivity index (χ4n) is 2.88. The molecule has 0 aromatic heterocycles. The lowest BCUT2D eigenvalue weighted by Gasteiger charge is -2.42. The van der Waals surface area contributed by atoms with Crippen molar-refractivity contribution in [2.45, 2.75) is 65.5 Å². The fraction of sp³-hybridized carbons (Fsp3) is 1.00. The van der Waals surface area contributed by atoms with Gasteiger partial charge in [-0.15, -0.1) is 0 Å². The fourth-order valence-corrected chi connectivity index (χ4v) is 2.88. The number of rotatable bonds is 5. The molecule has 16 heavy (non-hydrogen) atoms. The van der Waals surface area contributed by atoms with Gasteiger partial charge in [0.1, 0.15) is 0 Å². The Morgan fingerprint density at radius 1 is 1.25 bits per heavy atom. The third-order valence-corrected chi connectivity index (χ3v) is 4.58. The molecule has 96 valence electrons. The van der Waals surface area contributed by atoms with Gasteiger partial charge in [0.2, 0.25) is 0 Å². The number of hydrogen-bond donors (Lipinski definition) is 1. The number of likely N-dealkylation sites (N-methyl/N-ethyl adjacent to an activating group) is 1. The number of ether oxygens (including phenoxy) is 1. The molecule has 0 radical (unpaired) electrons. The van der Waals surface area contributed by atoms with Gasteiger partial charge in [-0.1, -0.05) is 34.1 Å². The Morgan fingerprint density at radius 3 is 2.44 bits per heavy atom. The summed E-state index contributed by atoms with van der Waals surface area (Å²) in [6.07, 6.45) is 5.50. The van der Waals surface area contributed by atoms with Gasteiger partial charge in [-0.3, -0.25) is 0 Å². The zero-order valence-corrected chi connectivity index (χ0v) is 11.7. The summed E-state index contributed by atoms with van der Waals surface area (Å²) >= 11 is 0. The Labute approximate surface area is 101 Å². The summed E-state index contributed by atoms with van der Waals surface area (Å²) in [7, 11) is 1.86. The minimum atomic E-state index is 0.407. The zero-order valence-electron chi connectivity index (χ0n) is 11.7. The third-order valence-electron chi connectivity index (χ3n) is 4.58. The van der Waals surface area contributed by atoms with E-state index in [1.165, 1.54) is 25.7 Å². The van der Waals surface area contributed by atoms with Crippen molar-refractivity contribution in [3.05, 3.63) is 0 Å². The molecule has 0 aromatic carbocycles. The Bertz CT molecular complexity index is 203. The van der Waals surface area contributed by atoms with E-state index in [4.69, 9.17) is 4.74 Å². The molecule has 0 amide bonds. The summed E-state index contributed by atoms with van der Waals surface area (Å²) in [5, 5.41) is 3.55. The minimum absolute atomic E-state index is 0.407. The van der Waals surface area contributed by atoms with E-state index >= 15 is 0 Å². The summed E-state index contributed by atoms with van der Waals surface area (Å²) in [5.41, 5.74) is 0.466. The van der Waals surface area contributed by atoms with E-state index in [1.807, 2.05) is 7.11 Å². The molecule has 2 nitrogen and oxygen atoms in total. The van der Waals surface area contributed by atoms with Gasteiger partial charge in [-0.2, -0.15) is 0 Å². The summed E-state index contributed by atoms with van der Waals surface area (Å²) in [5.74, 6) is 0.817. The molecule has 0 heterocycles. The van der Waals surface area contributed by atoms with E-state index < -0.39 is 0 Å². The van der Waals surface area contributed by atoms with Crippen molar-refractivity contribution < 1.29 is 4.74 Å². The molecule has 1 fully saturated rings. The van der Waals surface area contributed by atoms with Crippen LogP contribution in [0.3, 0.4) is 0 Å². The highest BCUT2D eigenvalue weighted by Crippen LogP contribution is 2.41. The van der Waals surface area contributed by atoms with E-state index in [1.54, 1.807) is 0 Å². The van der Waals surface area contributed by atoms with E-state index in [2.05, 4.69) is 33.0 Å². The maximum absolute atomic E-state index is 5.66. The van der Waals surface area contributed by atoms with Gasteiger partial charge in [0.15, 0.2) is 0 Å². The van der Waals surface area contributed by atoms with Gasteiger partial charge in [0.25, 0.3) is 0 Å². The maximum Gasteiger partial charge on any atom is 0.0727 e. The van der Waals surface area contributed by atoms with Gasteiger partial charge in [0, 0.05) is 13.2 Å². The second kappa shape index (κ2) is 6.02. The van der Waals surface area contributed by atoms with Crippen LogP contribution < -0.4 is 5.32 Å². The smallest absolute Gasteiger partial charge is 0.0727 e. The Kier molecular flexibility index (Phi) is 5.26. The van der Waals surface area contributed by atoms with Crippen molar-refractivity contribution in [2.24, 2.45) is 11.3 Å². The normalized spacial score (nSPS) is 31.7. The monoisotopic (exact) mass is 227 g/mol. The van der Waals surface area contributed by atoms with Crippen molar-refractivity contribution in [2.75, 3.05) is 13.7 Å². The standard InChI is InChI=1S/C14H29NO/c1-6-14(3,4)11-8-9-12(15-7-2)13(10-11)16-5/h11-13,15H,6-10H2,1-5H3. The lowest BCUT2D eigenvalue weighted by molar-refractivity contribution is -0.00525. The summed E-state index contributed by atoms with van der Waals surface area (Å²) in [6.45, 7) is 10.3. The Morgan fingerprint density at radius 2 is 1.94 bits per heavy atom. The van der Waals surface area contributed by atoms with Crippen LogP contribution >= 0.6 is 0 Å². The first-order valence-electron chi connectivity index (χ1n) is 6.81. The number of methoxy groups -OCH3 is 1. The SMILES string of the molecule is CCNC1CCC(C(C)(C)CC)CC1OC. The van der Waals surface area contributed by atoms with Gasteiger partial charge < -0.3 is 10.1 Å². The molecule has 3 atom stereocenters. The second-order valence-electron chi connectivity index (χ2n) is 5.79. The van der Waals surface area contributed by atoms with Crippen LogP contribution in [0.4, 0.5) is 0 Å². The number of nitrogens with one attached hydrogen (secondary N) is 1. The third kappa shape index (κ3) is 3.21. The molecule has 0 spiro atoms. The quantitative estimate of drug-likeness (QED) is 0.778. The van der Waals surface area contributed by atoms with E-state index in [9.17, 15) is 0 Å².